The summed E-state index contributed by atoms with van der Waals surface area (Å²) in [5.74, 6) is 1.79. The highest BCUT2D eigenvalue weighted by Gasteiger charge is 2.12. The summed E-state index contributed by atoms with van der Waals surface area (Å²) in [5.41, 5.74) is 7.58. The molecule has 1 aromatic carbocycles. The molecule has 6 heteroatoms. The summed E-state index contributed by atoms with van der Waals surface area (Å²) in [6.45, 7) is 4.80. The minimum absolute atomic E-state index is 0.279. The van der Waals surface area contributed by atoms with Crippen LogP contribution < -0.4 is 5.73 Å². The Morgan fingerprint density at radius 3 is 2.86 bits per heavy atom. The third kappa shape index (κ3) is 2.65. The van der Waals surface area contributed by atoms with Gasteiger partial charge in [-0.15, -0.1) is 0 Å². The average Bonchev–Trinajstić information content (AvgIpc) is 3.08. The predicted molar refractivity (Wildman–Crippen MR) is 81.6 cm³/mol. The number of rotatable bonds is 4. The lowest BCUT2D eigenvalue weighted by molar-refractivity contribution is 0.497. The molecule has 2 aromatic heterocycles. The maximum atomic E-state index is 5.85. The molecule has 2 heterocycles. The van der Waals surface area contributed by atoms with Crippen LogP contribution in [-0.4, -0.2) is 24.3 Å². The first-order valence-electron chi connectivity index (χ1n) is 6.90. The summed E-state index contributed by atoms with van der Waals surface area (Å²) in [6.07, 6.45) is 5.32. The van der Waals surface area contributed by atoms with Crippen molar-refractivity contribution in [2.45, 2.75) is 26.4 Å². The van der Waals surface area contributed by atoms with Crippen molar-refractivity contribution in [3.63, 3.8) is 0 Å². The molecule has 0 atom stereocenters. The van der Waals surface area contributed by atoms with E-state index in [9.17, 15) is 0 Å². The minimum Gasteiger partial charge on any atom is -0.399 e. The van der Waals surface area contributed by atoms with Gasteiger partial charge in [-0.2, -0.15) is 5.10 Å². The number of hydrogen-bond donors (Lipinski definition) is 1. The van der Waals surface area contributed by atoms with E-state index in [-0.39, 0.29) is 6.04 Å². The Labute approximate surface area is 123 Å². The van der Waals surface area contributed by atoms with Gasteiger partial charge in [-0.3, -0.25) is 0 Å². The van der Waals surface area contributed by atoms with E-state index in [0.717, 1.165) is 22.9 Å². The zero-order valence-corrected chi connectivity index (χ0v) is 12.1. The van der Waals surface area contributed by atoms with Gasteiger partial charge in [-0.25, -0.2) is 14.6 Å². The molecule has 21 heavy (non-hydrogen) atoms. The van der Waals surface area contributed by atoms with E-state index in [2.05, 4.69) is 33.5 Å². The van der Waals surface area contributed by atoms with Crippen LogP contribution in [0, 0.1) is 0 Å². The van der Waals surface area contributed by atoms with Gasteiger partial charge in [0.15, 0.2) is 0 Å². The SMILES string of the molecule is CC(C)n1ncnc1Cn1ccnc1-c1cccc(N)c1. The predicted octanol–water partition coefficient (Wildman–Crippen LogP) is 2.35. The fourth-order valence-electron chi connectivity index (χ4n) is 2.35. The number of nitrogens with zero attached hydrogens (tertiary/aromatic N) is 5. The van der Waals surface area contributed by atoms with Crippen LogP contribution >= 0.6 is 0 Å². The molecule has 2 N–H and O–H groups in total. The van der Waals surface area contributed by atoms with Crippen molar-refractivity contribution in [1.82, 2.24) is 24.3 Å². The van der Waals surface area contributed by atoms with Crippen LogP contribution in [0.15, 0.2) is 43.0 Å². The van der Waals surface area contributed by atoms with Crippen LogP contribution in [0.1, 0.15) is 25.7 Å². The van der Waals surface area contributed by atoms with E-state index < -0.39 is 0 Å². The molecular formula is C15H18N6. The van der Waals surface area contributed by atoms with Gasteiger partial charge in [-0.1, -0.05) is 12.1 Å². The Morgan fingerprint density at radius 1 is 1.24 bits per heavy atom. The van der Waals surface area contributed by atoms with Gasteiger partial charge in [0, 0.05) is 29.7 Å². The maximum Gasteiger partial charge on any atom is 0.147 e. The Kier molecular flexibility index (Phi) is 3.43. The lowest BCUT2D eigenvalue weighted by Crippen LogP contribution is -2.12. The third-order valence-electron chi connectivity index (χ3n) is 3.31. The average molecular weight is 282 g/mol. The zero-order valence-electron chi connectivity index (χ0n) is 12.1. The molecule has 0 spiro atoms. The number of benzene rings is 1. The number of imidazole rings is 1. The molecule has 0 saturated carbocycles. The molecular weight excluding hydrogens is 264 g/mol. The Morgan fingerprint density at radius 2 is 2.10 bits per heavy atom. The maximum absolute atomic E-state index is 5.85. The second-order valence-corrected chi connectivity index (χ2v) is 5.22. The molecule has 0 bridgehead atoms. The van der Waals surface area contributed by atoms with Gasteiger partial charge >= 0.3 is 0 Å². The first kappa shape index (κ1) is 13.4. The monoisotopic (exact) mass is 282 g/mol. The lowest BCUT2D eigenvalue weighted by atomic mass is 10.2. The largest absolute Gasteiger partial charge is 0.399 e. The van der Waals surface area contributed by atoms with Gasteiger partial charge in [0.2, 0.25) is 0 Å². The van der Waals surface area contributed by atoms with Gasteiger partial charge in [0.25, 0.3) is 0 Å². The van der Waals surface area contributed by atoms with Crippen LogP contribution in [0.4, 0.5) is 5.69 Å². The molecule has 0 unspecified atom stereocenters. The Hall–Kier alpha value is -2.63. The lowest BCUT2D eigenvalue weighted by Gasteiger charge is -2.11. The highest BCUT2D eigenvalue weighted by Crippen LogP contribution is 2.20. The van der Waals surface area contributed by atoms with E-state index in [0.29, 0.717) is 6.54 Å². The standard InChI is InChI=1S/C15H18N6/c1-11(2)21-14(18-10-19-21)9-20-7-6-17-15(20)12-4-3-5-13(16)8-12/h3-8,10-11H,9,16H2,1-2H3. The second kappa shape index (κ2) is 5.40. The van der Waals surface area contributed by atoms with Gasteiger partial charge in [-0.05, 0) is 26.0 Å². The molecule has 6 nitrogen and oxygen atoms in total. The molecule has 108 valence electrons. The van der Waals surface area contributed by atoms with Crippen molar-refractivity contribution < 1.29 is 0 Å². The van der Waals surface area contributed by atoms with Crippen LogP contribution in [0.5, 0.6) is 0 Å². The van der Waals surface area contributed by atoms with Crippen molar-refractivity contribution in [3.05, 3.63) is 48.8 Å². The molecule has 3 aromatic rings. The van der Waals surface area contributed by atoms with Crippen molar-refractivity contribution in [2.75, 3.05) is 5.73 Å². The summed E-state index contributed by atoms with van der Waals surface area (Å²) in [7, 11) is 0. The number of hydrogen-bond acceptors (Lipinski definition) is 4. The summed E-state index contributed by atoms with van der Waals surface area (Å²) >= 11 is 0. The Bertz CT molecular complexity index is 740. The second-order valence-electron chi connectivity index (χ2n) is 5.22. The topological polar surface area (TPSA) is 74.5 Å². The van der Waals surface area contributed by atoms with Gasteiger partial charge in [0.1, 0.15) is 18.0 Å². The molecule has 0 aliphatic carbocycles. The molecule has 0 radical (unpaired) electrons. The summed E-state index contributed by atoms with van der Waals surface area (Å²) in [6, 6.07) is 8.00. The normalized spacial score (nSPS) is 11.2. The molecule has 0 aliphatic heterocycles. The first-order valence-corrected chi connectivity index (χ1v) is 6.90. The van der Waals surface area contributed by atoms with Gasteiger partial charge < -0.3 is 10.3 Å². The third-order valence-corrected chi connectivity index (χ3v) is 3.31. The number of anilines is 1. The van der Waals surface area contributed by atoms with Crippen molar-refractivity contribution in [2.24, 2.45) is 0 Å². The van der Waals surface area contributed by atoms with Crippen molar-refractivity contribution in [3.8, 4) is 11.4 Å². The molecule has 0 aliphatic rings. The fraction of sp³-hybridized carbons (Fsp3) is 0.267. The van der Waals surface area contributed by atoms with E-state index in [1.54, 1.807) is 12.5 Å². The quantitative estimate of drug-likeness (QED) is 0.745. The summed E-state index contributed by atoms with van der Waals surface area (Å²) in [4.78, 5) is 8.78. The Balaban J connectivity index is 1.94. The smallest absolute Gasteiger partial charge is 0.147 e. The van der Waals surface area contributed by atoms with Crippen LogP contribution in [0.2, 0.25) is 0 Å². The van der Waals surface area contributed by atoms with Crippen LogP contribution in [0.3, 0.4) is 0 Å². The van der Waals surface area contributed by atoms with E-state index in [4.69, 9.17) is 5.73 Å². The highest BCUT2D eigenvalue weighted by atomic mass is 15.4. The van der Waals surface area contributed by atoms with Crippen molar-refractivity contribution in [1.29, 1.82) is 0 Å². The molecule has 3 rings (SSSR count). The van der Waals surface area contributed by atoms with Gasteiger partial charge in [0.05, 0.1) is 6.54 Å². The summed E-state index contributed by atoms with van der Waals surface area (Å²) in [5, 5.41) is 4.26. The fourth-order valence-corrected chi connectivity index (χ4v) is 2.35. The van der Waals surface area contributed by atoms with Crippen molar-refractivity contribution >= 4 is 5.69 Å². The first-order chi connectivity index (χ1) is 10.1. The van der Waals surface area contributed by atoms with E-state index in [1.807, 2.05) is 35.1 Å². The molecule has 0 saturated heterocycles. The number of aromatic nitrogens is 5. The van der Waals surface area contributed by atoms with Crippen LogP contribution in [0.25, 0.3) is 11.4 Å². The zero-order chi connectivity index (χ0) is 14.8. The summed E-state index contributed by atoms with van der Waals surface area (Å²) < 4.78 is 3.97. The number of nitrogen functional groups attached to an aromatic ring is 1. The number of nitrogens with two attached hydrogens (primary N) is 1. The van der Waals surface area contributed by atoms with Crippen LogP contribution in [-0.2, 0) is 6.54 Å². The van der Waals surface area contributed by atoms with E-state index in [1.165, 1.54) is 0 Å². The van der Waals surface area contributed by atoms with E-state index >= 15 is 0 Å². The minimum atomic E-state index is 0.279. The molecule has 0 amide bonds. The molecule has 0 fully saturated rings. The highest BCUT2D eigenvalue weighted by molar-refractivity contribution is 5.61.